The van der Waals surface area contributed by atoms with Crippen LogP contribution in [-0.2, 0) is 9.53 Å². The van der Waals surface area contributed by atoms with Crippen LogP contribution >= 0.6 is 0 Å². The SMILES string of the molecule is C[C@H]1CCCC[C@@H]1NC(=O)COC(=O)c1cc(-c2ccco2)nc2ccccc12. The number of aromatic nitrogens is 1. The van der Waals surface area contributed by atoms with Gasteiger partial charge in [0.1, 0.15) is 5.69 Å². The van der Waals surface area contributed by atoms with Gasteiger partial charge in [-0.25, -0.2) is 9.78 Å². The predicted molar refractivity (Wildman–Crippen MR) is 109 cm³/mol. The molecule has 6 heteroatoms. The largest absolute Gasteiger partial charge is 0.463 e. The van der Waals surface area contributed by atoms with Gasteiger partial charge in [-0.15, -0.1) is 0 Å². The van der Waals surface area contributed by atoms with Crippen LogP contribution in [0.15, 0.2) is 53.1 Å². The lowest BCUT2D eigenvalue weighted by Gasteiger charge is -2.29. The number of esters is 1. The summed E-state index contributed by atoms with van der Waals surface area (Å²) in [5.41, 5.74) is 1.57. The molecule has 1 N–H and O–H groups in total. The number of para-hydroxylation sites is 1. The molecule has 0 unspecified atom stereocenters. The number of benzene rings is 1. The third-order valence-corrected chi connectivity index (χ3v) is 5.50. The van der Waals surface area contributed by atoms with E-state index in [1.165, 1.54) is 6.42 Å². The van der Waals surface area contributed by atoms with E-state index in [9.17, 15) is 9.59 Å². The fourth-order valence-electron chi connectivity index (χ4n) is 3.88. The van der Waals surface area contributed by atoms with E-state index in [-0.39, 0.29) is 18.6 Å². The van der Waals surface area contributed by atoms with Gasteiger partial charge in [-0.3, -0.25) is 4.79 Å². The number of furan rings is 1. The van der Waals surface area contributed by atoms with Crippen LogP contribution in [0.25, 0.3) is 22.4 Å². The van der Waals surface area contributed by atoms with Crippen LogP contribution in [0.5, 0.6) is 0 Å². The van der Waals surface area contributed by atoms with Crippen LogP contribution in [0, 0.1) is 5.92 Å². The lowest BCUT2D eigenvalue weighted by atomic mass is 9.86. The van der Waals surface area contributed by atoms with Crippen molar-refractivity contribution in [3.8, 4) is 11.5 Å². The number of rotatable bonds is 5. The third kappa shape index (κ3) is 4.31. The zero-order chi connectivity index (χ0) is 20.2. The predicted octanol–water partition coefficient (Wildman–Crippen LogP) is 4.35. The molecule has 2 aromatic heterocycles. The molecule has 0 radical (unpaired) electrons. The number of pyridine rings is 1. The number of amides is 1. The molecule has 4 rings (SSSR count). The second-order valence-electron chi connectivity index (χ2n) is 7.56. The highest BCUT2D eigenvalue weighted by atomic mass is 16.5. The Kier molecular flexibility index (Phi) is 5.60. The monoisotopic (exact) mass is 392 g/mol. The van der Waals surface area contributed by atoms with Gasteiger partial charge in [-0.05, 0) is 43.0 Å². The molecule has 0 spiro atoms. The molecule has 29 heavy (non-hydrogen) atoms. The lowest BCUT2D eigenvalue weighted by molar-refractivity contribution is -0.125. The zero-order valence-corrected chi connectivity index (χ0v) is 16.4. The molecule has 2 atom stereocenters. The maximum atomic E-state index is 12.8. The zero-order valence-electron chi connectivity index (χ0n) is 16.4. The van der Waals surface area contributed by atoms with Crippen molar-refractivity contribution >= 4 is 22.8 Å². The minimum atomic E-state index is -0.553. The summed E-state index contributed by atoms with van der Waals surface area (Å²) in [6.45, 7) is 1.85. The standard InChI is InChI=1S/C23H24N2O4/c1-15-7-2-4-9-18(15)25-22(26)14-29-23(27)17-13-20(21-11-6-12-28-21)24-19-10-5-3-8-16(17)19/h3,5-6,8,10-13,15,18H,2,4,7,9,14H2,1H3,(H,25,26)/t15-,18-/m0/s1. The average Bonchev–Trinajstić information content (AvgIpc) is 3.28. The molecule has 0 aliphatic heterocycles. The molecular formula is C23H24N2O4. The Balaban J connectivity index is 1.50. The first kappa shape index (κ1) is 19.2. The van der Waals surface area contributed by atoms with E-state index >= 15 is 0 Å². The maximum Gasteiger partial charge on any atom is 0.339 e. The molecule has 0 saturated heterocycles. The van der Waals surface area contributed by atoms with Crippen LogP contribution in [-0.4, -0.2) is 29.5 Å². The molecule has 2 heterocycles. The third-order valence-electron chi connectivity index (χ3n) is 5.50. The summed E-state index contributed by atoms with van der Waals surface area (Å²) in [5, 5.41) is 3.68. The Morgan fingerprint density at radius 3 is 2.79 bits per heavy atom. The molecule has 1 aliphatic carbocycles. The Morgan fingerprint density at radius 2 is 2.00 bits per heavy atom. The summed E-state index contributed by atoms with van der Waals surface area (Å²) in [5.74, 6) is 0.196. The van der Waals surface area contributed by atoms with Gasteiger partial charge in [0, 0.05) is 11.4 Å². The molecule has 1 aromatic carbocycles. The Labute approximate surface area is 169 Å². The van der Waals surface area contributed by atoms with Crippen LogP contribution in [0.1, 0.15) is 43.0 Å². The highest BCUT2D eigenvalue weighted by Crippen LogP contribution is 2.26. The summed E-state index contributed by atoms with van der Waals surface area (Å²) in [6.07, 6.45) is 5.97. The number of carbonyl (C=O) groups excluding carboxylic acids is 2. The van der Waals surface area contributed by atoms with Crippen LogP contribution in [0.3, 0.4) is 0 Å². The van der Waals surface area contributed by atoms with Gasteiger partial charge in [0.2, 0.25) is 0 Å². The summed E-state index contributed by atoms with van der Waals surface area (Å²) < 4.78 is 10.8. The van der Waals surface area contributed by atoms with Crippen molar-refractivity contribution in [1.29, 1.82) is 0 Å². The van der Waals surface area contributed by atoms with Gasteiger partial charge in [0.25, 0.3) is 5.91 Å². The molecule has 1 fully saturated rings. The number of nitrogens with zero attached hydrogens (tertiary/aromatic N) is 1. The second kappa shape index (κ2) is 8.47. The van der Waals surface area contributed by atoms with Crippen LogP contribution in [0.2, 0.25) is 0 Å². The van der Waals surface area contributed by atoms with Gasteiger partial charge in [-0.2, -0.15) is 0 Å². The smallest absolute Gasteiger partial charge is 0.339 e. The van der Waals surface area contributed by atoms with Crippen molar-refractivity contribution in [1.82, 2.24) is 10.3 Å². The van der Waals surface area contributed by atoms with E-state index in [4.69, 9.17) is 9.15 Å². The van der Waals surface area contributed by atoms with Crippen LogP contribution in [0.4, 0.5) is 0 Å². The Bertz CT molecular complexity index is 1010. The van der Waals surface area contributed by atoms with Crippen LogP contribution < -0.4 is 5.32 Å². The fraction of sp³-hybridized carbons (Fsp3) is 0.348. The lowest BCUT2D eigenvalue weighted by Crippen LogP contribution is -2.42. The highest BCUT2D eigenvalue weighted by Gasteiger charge is 2.23. The van der Waals surface area contributed by atoms with Crippen molar-refractivity contribution in [2.75, 3.05) is 6.61 Å². The Hall–Kier alpha value is -3.15. The van der Waals surface area contributed by atoms with E-state index in [0.29, 0.717) is 33.8 Å². The van der Waals surface area contributed by atoms with Crippen molar-refractivity contribution in [3.05, 3.63) is 54.3 Å². The fourth-order valence-corrected chi connectivity index (χ4v) is 3.88. The molecule has 6 nitrogen and oxygen atoms in total. The summed E-state index contributed by atoms with van der Waals surface area (Å²) in [7, 11) is 0. The number of fused-ring (bicyclic) bond motifs is 1. The number of carbonyl (C=O) groups is 2. The molecule has 1 saturated carbocycles. The molecule has 1 amide bonds. The first-order chi connectivity index (χ1) is 14.1. The summed E-state index contributed by atoms with van der Waals surface area (Å²) >= 11 is 0. The first-order valence-corrected chi connectivity index (χ1v) is 10.0. The van der Waals surface area contributed by atoms with Crippen molar-refractivity contribution < 1.29 is 18.7 Å². The average molecular weight is 392 g/mol. The number of nitrogens with one attached hydrogen (secondary N) is 1. The van der Waals surface area contributed by atoms with Gasteiger partial charge < -0.3 is 14.5 Å². The molecule has 0 bridgehead atoms. The number of hydrogen-bond donors (Lipinski definition) is 1. The van der Waals surface area contributed by atoms with E-state index < -0.39 is 5.97 Å². The first-order valence-electron chi connectivity index (χ1n) is 10.0. The van der Waals surface area contributed by atoms with E-state index in [1.54, 1.807) is 24.5 Å². The van der Waals surface area contributed by atoms with E-state index in [0.717, 1.165) is 19.3 Å². The normalized spacial score (nSPS) is 19.1. The van der Waals surface area contributed by atoms with E-state index in [1.807, 2.05) is 24.3 Å². The minimum Gasteiger partial charge on any atom is -0.463 e. The van der Waals surface area contributed by atoms with Gasteiger partial charge in [0.15, 0.2) is 12.4 Å². The topological polar surface area (TPSA) is 81.4 Å². The van der Waals surface area contributed by atoms with E-state index in [2.05, 4.69) is 17.2 Å². The maximum absolute atomic E-state index is 12.8. The van der Waals surface area contributed by atoms with Crippen molar-refractivity contribution in [3.63, 3.8) is 0 Å². The minimum absolute atomic E-state index is 0.155. The van der Waals surface area contributed by atoms with Crippen molar-refractivity contribution in [2.45, 2.75) is 38.6 Å². The molecule has 3 aromatic rings. The Morgan fingerprint density at radius 1 is 1.17 bits per heavy atom. The van der Waals surface area contributed by atoms with Gasteiger partial charge in [-0.1, -0.05) is 38.0 Å². The number of hydrogen-bond acceptors (Lipinski definition) is 5. The number of ether oxygens (including phenoxy) is 1. The second-order valence-corrected chi connectivity index (χ2v) is 7.56. The van der Waals surface area contributed by atoms with Gasteiger partial charge in [0.05, 0.1) is 17.3 Å². The van der Waals surface area contributed by atoms with Crippen molar-refractivity contribution in [2.24, 2.45) is 5.92 Å². The highest BCUT2D eigenvalue weighted by molar-refractivity contribution is 6.05. The molecule has 1 aliphatic rings. The van der Waals surface area contributed by atoms with Gasteiger partial charge >= 0.3 is 5.97 Å². The summed E-state index contributed by atoms with van der Waals surface area (Å²) in [6, 6.07) is 12.7. The summed E-state index contributed by atoms with van der Waals surface area (Å²) in [4.78, 5) is 29.6. The quantitative estimate of drug-likeness (QED) is 0.653. The molecule has 150 valence electrons. The molecular weight excluding hydrogens is 368 g/mol.